The highest BCUT2D eigenvalue weighted by atomic mass is 16.4. The van der Waals surface area contributed by atoms with Gasteiger partial charge in [-0.25, -0.2) is 0 Å². The molecule has 6 heavy (non-hydrogen) atoms. The van der Waals surface area contributed by atoms with Crippen LogP contribution in [-0.4, -0.2) is 5.97 Å². The highest BCUT2D eigenvalue weighted by Crippen LogP contribution is 1.68. The van der Waals surface area contributed by atoms with Crippen molar-refractivity contribution in [3.8, 4) is 0 Å². The average Bonchev–Trinajstić information content (AvgIpc) is 1.35. The maximum absolute atomic E-state index is 9.39. The van der Waals surface area contributed by atoms with E-state index in [1.807, 2.05) is 0 Å². The van der Waals surface area contributed by atoms with Crippen molar-refractivity contribution < 1.29 is 9.90 Å². The summed E-state index contributed by atoms with van der Waals surface area (Å²) >= 11 is 0. The second kappa shape index (κ2) is 2.45. The van der Waals surface area contributed by atoms with E-state index in [4.69, 9.17) is 0 Å². The van der Waals surface area contributed by atoms with Crippen LogP contribution in [0.25, 0.3) is 0 Å². The van der Waals surface area contributed by atoms with Gasteiger partial charge in [-0.15, -0.1) is 0 Å². The first-order valence-electron chi connectivity index (χ1n) is 1.47. The Kier molecular flexibility index (Phi) is 2.13. The van der Waals surface area contributed by atoms with Gasteiger partial charge in [0.1, 0.15) is 0 Å². The summed E-state index contributed by atoms with van der Waals surface area (Å²) in [4.78, 5) is 9.39. The van der Waals surface area contributed by atoms with Crippen LogP contribution in [0.5, 0.6) is 0 Å². The van der Waals surface area contributed by atoms with E-state index in [0.717, 1.165) is 0 Å². The lowest BCUT2D eigenvalue weighted by molar-refractivity contribution is -0.304. The van der Waals surface area contributed by atoms with Gasteiger partial charge in [-0.3, -0.25) is 0 Å². The molecule has 0 bridgehead atoms. The summed E-state index contributed by atoms with van der Waals surface area (Å²) in [5.41, 5.74) is 0. The first-order valence-corrected chi connectivity index (χ1v) is 1.47. The van der Waals surface area contributed by atoms with Gasteiger partial charge in [-0.1, -0.05) is 6.58 Å². The molecule has 2 nitrogen and oxygen atoms in total. The van der Waals surface area contributed by atoms with Crippen LogP contribution in [0.15, 0.2) is 6.58 Å². The molecule has 0 fully saturated rings. The summed E-state index contributed by atoms with van der Waals surface area (Å²) in [6.45, 7) is 3.06. The maximum atomic E-state index is 9.39. The largest absolute Gasteiger partial charge is 0.550 e. The third kappa shape index (κ3) is 3.21. The van der Waals surface area contributed by atoms with Crippen molar-refractivity contribution in [2.75, 3.05) is 0 Å². The summed E-state index contributed by atoms with van der Waals surface area (Å²) in [5, 5.41) is 9.39. The van der Waals surface area contributed by atoms with Crippen molar-refractivity contribution in [3.05, 3.63) is 12.7 Å². The molecule has 0 rings (SSSR count). The lowest BCUT2D eigenvalue weighted by Crippen LogP contribution is -2.20. The highest BCUT2D eigenvalue weighted by molar-refractivity contribution is 5.65. The lowest BCUT2D eigenvalue weighted by Gasteiger charge is -1.88. The molecule has 33 valence electrons. The van der Waals surface area contributed by atoms with Gasteiger partial charge >= 0.3 is 0 Å². The van der Waals surface area contributed by atoms with E-state index in [1.54, 1.807) is 0 Å². The molecule has 0 saturated heterocycles. The van der Waals surface area contributed by atoms with Crippen LogP contribution in [0.4, 0.5) is 0 Å². The lowest BCUT2D eigenvalue weighted by atomic mass is 10.4. The molecule has 0 aliphatic rings. The van der Waals surface area contributed by atoms with E-state index >= 15 is 0 Å². The van der Waals surface area contributed by atoms with Gasteiger partial charge in [0.05, 0.1) is 0 Å². The van der Waals surface area contributed by atoms with Gasteiger partial charge < -0.3 is 9.90 Å². The van der Waals surface area contributed by atoms with Crippen LogP contribution in [0, 0.1) is 6.08 Å². The van der Waals surface area contributed by atoms with E-state index < -0.39 is 5.97 Å². The van der Waals surface area contributed by atoms with Gasteiger partial charge in [0, 0.05) is 12.4 Å². The quantitative estimate of drug-likeness (QED) is 0.435. The number of hydrogen-bond acceptors (Lipinski definition) is 2. The van der Waals surface area contributed by atoms with Gasteiger partial charge in [-0.05, 0) is 6.08 Å². The van der Waals surface area contributed by atoms with Crippen LogP contribution >= 0.6 is 0 Å². The topological polar surface area (TPSA) is 40.1 Å². The van der Waals surface area contributed by atoms with Crippen LogP contribution in [0.2, 0.25) is 0 Å². The summed E-state index contributed by atoms with van der Waals surface area (Å²) < 4.78 is 0. The van der Waals surface area contributed by atoms with E-state index in [2.05, 4.69) is 12.7 Å². The van der Waals surface area contributed by atoms with Crippen molar-refractivity contribution in [2.45, 2.75) is 6.42 Å². The Morgan fingerprint density at radius 2 is 2.50 bits per heavy atom. The molecule has 0 aliphatic heterocycles. The number of rotatable bonds is 2. The maximum Gasteiger partial charge on any atom is 0.0458 e. The third-order valence-corrected chi connectivity index (χ3v) is 0.269. The Labute approximate surface area is 36.1 Å². The molecule has 0 heterocycles. The molecule has 0 amide bonds. The smallest absolute Gasteiger partial charge is 0.0458 e. The predicted octanol–water partition coefficient (Wildman–Crippen LogP) is -0.884. The fraction of sp³-hybridized carbons (Fsp3) is 0.250. The Bertz CT molecular complexity index is 65.9. The minimum Gasteiger partial charge on any atom is -0.550 e. The van der Waals surface area contributed by atoms with Crippen molar-refractivity contribution in [1.82, 2.24) is 0 Å². The van der Waals surface area contributed by atoms with Crippen molar-refractivity contribution >= 4 is 5.97 Å². The average molecular weight is 84.1 g/mol. The molecule has 0 N–H and O–H groups in total. The number of aliphatic carboxylic acids is 1. The third-order valence-electron chi connectivity index (χ3n) is 0.269. The molecular formula is C4H4O2-. The zero-order valence-electron chi connectivity index (χ0n) is 3.23. The van der Waals surface area contributed by atoms with Crippen LogP contribution < -0.4 is 5.11 Å². The molecule has 0 unspecified atom stereocenters. The van der Waals surface area contributed by atoms with Gasteiger partial charge in [0.25, 0.3) is 0 Å². The van der Waals surface area contributed by atoms with Gasteiger partial charge in [-0.2, -0.15) is 0 Å². The standard InChI is InChI=1S/C4H5O2/c1-2-3-4(5)6/h1,3H2,(H,5,6)/p-1. The molecule has 0 atom stereocenters. The van der Waals surface area contributed by atoms with Crippen LogP contribution in [0.3, 0.4) is 0 Å². The molecule has 0 aromatic heterocycles. The normalized spacial score (nSPS) is 7.33. The summed E-state index contributed by atoms with van der Waals surface area (Å²) in [6.07, 6.45) is 1.97. The Hall–Kier alpha value is -0.790. The first kappa shape index (κ1) is 5.21. The zero-order valence-corrected chi connectivity index (χ0v) is 3.23. The summed E-state index contributed by atoms with van der Waals surface area (Å²) in [6, 6.07) is 0. The second-order valence-electron chi connectivity index (χ2n) is 0.799. The Balaban J connectivity index is 3.05. The monoisotopic (exact) mass is 84.0 g/mol. The summed E-state index contributed by atoms with van der Waals surface area (Å²) in [7, 11) is 0. The molecule has 0 aromatic carbocycles. The van der Waals surface area contributed by atoms with Gasteiger partial charge in [0.2, 0.25) is 0 Å². The molecule has 0 spiro atoms. The second-order valence-corrected chi connectivity index (χ2v) is 0.799. The fourth-order valence-corrected chi connectivity index (χ4v) is 0.102. The van der Waals surface area contributed by atoms with Crippen molar-refractivity contribution in [3.63, 3.8) is 0 Å². The Morgan fingerprint density at radius 1 is 2.00 bits per heavy atom. The highest BCUT2D eigenvalue weighted by Gasteiger charge is 1.70. The number of carbonyl (C=O) groups excluding carboxylic acids is 1. The number of carboxylic acid groups (broad SMARTS) is 1. The summed E-state index contributed by atoms with van der Waals surface area (Å²) in [5.74, 6) is -1.13. The SMILES string of the molecule is C=[C]CC(=O)[O-]. The molecule has 2 heteroatoms. The van der Waals surface area contributed by atoms with E-state index in [-0.39, 0.29) is 6.42 Å². The number of carboxylic acids is 1. The zero-order chi connectivity index (χ0) is 4.99. The van der Waals surface area contributed by atoms with Crippen molar-refractivity contribution in [1.29, 1.82) is 0 Å². The molecule has 0 saturated carbocycles. The molecule has 1 radical (unpaired) electrons. The molecule has 0 aromatic rings. The molecule has 0 aliphatic carbocycles. The predicted molar refractivity (Wildman–Crippen MR) is 18.5 cm³/mol. The minimum absolute atomic E-state index is 0.181. The van der Waals surface area contributed by atoms with E-state index in [9.17, 15) is 9.90 Å². The van der Waals surface area contributed by atoms with Crippen LogP contribution in [-0.2, 0) is 4.79 Å². The van der Waals surface area contributed by atoms with Crippen molar-refractivity contribution in [2.24, 2.45) is 0 Å². The number of carbonyl (C=O) groups is 1. The Morgan fingerprint density at radius 3 is 2.50 bits per heavy atom. The minimum atomic E-state index is -1.13. The number of hydrogen-bond donors (Lipinski definition) is 0. The van der Waals surface area contributed by atoms with Gasteiger partial charge in [0.15, 0.2) is 0 Å². The fourth-order valence-electron chi connectivity index (χ4n) is 0.102. The molecular weight excluding hydrogens is 80.0 g/mol. The van der Waals surface area contributed by atoms with E-state index in [1.165, 1.54) is 0 Å². The van der Waals surface area contributed by atoms with E-state index in [0.29, 0.717) is 0 Å². The van der Waals surface area contributed by atoms with Crippen LogP contribution in [0.1, 0.15) is 6.42 Å². The first-order chi connectivity index (χ1) is 2.77.